The molecule has 172 valence electrons. The number of alkyl halides is 3. The van der Waals surface area contributed by atoms with E-state index in [0.717, 1.165) is 18.4 Å². The minimum atomic E-state index is -4.41. The highest BCUT2D eigenvalue weighted by atomic mass is 19.4. The molecule has 0 saturated heterocycles. The number of rotatable bonds is 8. The summed E-state index contributed by atoms with van der Waals surface area (Å²) in [5, 5.41) is 0. The normalized spacial score (nSPS) is 15.2. The largest absolute Gasteiger partial charge is 0.484 e. The maximum Gasteiger partial charge on any atom is 0.422 e. The Morgan fingerprint density at radius 1 is 0.909 bits per heavy atom. The van der Waals surface area contributed by atoms with Crippen LogP contribution in [0.1, 0.15) is 24.0 Å². The minimum Gasteiger partial charge on any atom is -0.484 e. The predicted octanol–water partition coefficient (Wildman–Crippen LogP) is 7.69. The molecule has 3 aromatic rings. The van der Waals surface area contributed by atoms with Crippen molar-refractivity contribution >= 4 is 0 Å². The second kappa shape index (κ2) is 9.25. The highest BCUT2D eigenvalue weighted by Crippen LogP contribution is 2.50. The first kappa shape index (κ1) is 22.8. The maximum atomic E-state index is 14.9. The topological polar surface area (TPSA) is 18.5 Å². The van der Waals surface area contributed by atoms with Gasteiger partial charge < -0.3 is 9.47 Å². The Kier molecular flexibility index (Phi) is 6.40. The summed E-state index contributed by atoms with van der Waals surface area (Å²) >= 11 is 0. The molecule has 0 bridgehead atoms. The van der Waals surface area contributed by atoms with Gasteiger partial charge in [-0.05, 0) is 66.4 Å². The van der Waals surface area contributed by atoms with Gasteiger partial charge in [-0.1, -0.05) is 36.4 Å². The Morgan fingerprint density at radius 3 is 2.24 bits per heavy atom. The van der Waals surface area contributed by atoms with Crippen LogP contribution in [0.5, 0.6) is 17.2 Å². The van der Waals surface area contributed by atoms with E-state index in [4.69, 9.17) is 9.47 Å². The van der Waals surface area contributed by atoms with Crippen molar-refractivity contribution < 1.29 is 31.4 Å². The van der Waals surface area contributed by atoms with Crippen LogP contribution in [0, 0.1) is 5.82 Å². The highest BCUT2D eigenvalue weighted by molar-refractivity contribution is 5.42. The third kappa shape index (κ3) is 6.12. The molecular weight excluding hydrogens is 439 g/mol. The SMILES string of the molecule is F/C(=C\C1(c2ccc(OCC(F)(F)F)cc2)CC1)Cc1ccc(F)c(Oc2ccccc2)c1. The number of allylic oxidation sites excluding steroid dienone is 2. The molecular formula is C26H21F5O2. The van der Waals surface area contributed by atoms with Gasteiger partial charge in [0.2, 0.25) is 0 Å². The first-order valence-corrected chi connectivity index (χ1v) is 10.4. The molecule has 1 fully saturated rings. The van der Waals surface area contributed by atoms with Crippen LogP contribution in [-0.4, -0.2) is 12.8 Å². The molecule has 0 N–H and O–H groups in total. The Labute approximate surface area is 188 Å². The van der Waals surface area contributed by atoms with Gasteiger partial charge in [-0.3, -0.25) is 0 Å². The van der Waals surface area contributed by atoms with Crippen LogP contribution in [0.25, 0.3) is 0 Å². The van der Waals surface area contributed by atoms with E-state index in [1.54, 1.807) is 42.5 Å². The van der Waals surface area contributed by atoms with Crippen molar-refractivity contribution in [2.75, 3.05) is 6.61 Å². The van der Waals surface area contributed by atoms with Crippen LogP contribution >= 0.6 is 0 Å². The lowest BCUT2D eigenvalue weighted by atomic mass is 9.94. The summed E-state index contributed by atoms with van der Waals surface area (Å²) in [4.78, 5) is 0. The van der Waals surface area contributed by atoms with E-state index in [0.29, 0.717) is 11.3 Å². The number of ether oxygens (including phenoxy) is 2. The number of hydrogen-bond donors (Lipinski definition) is 0. The zero-order chi connectivity index (χ0) is 23.5. The molecule has 0 radical (unpaired) electrons. The maximum absolute atomic E-state index is 14.9. The predicted molar refractivity (Wildman–Crippen MR) is 115 cm³/mol. The van der Waals surface area contributed by atoms with Crippen LogP contribution in [-0.2, 0) is 11.8 Å². The van der Waals surface area contributed by atoms with Crippen molar-refractivity contribution in [2.24, 2.45) is 0 Å². The number of para-hydroxylation sites is 1. The van der Waals surface area contributed by atoms with Gasteiger partial charge in [-0.15, -0.1) is 0 Å². The molecule has 0 spiro atoms. The molecule has 3 aromatic carbocycles. The van der Waals surface area contributed by atoms with Crippen molar-refractivity contribution in [1.29, 1.82) is 0 Å². The van der Waals surface area contributed by atoms with Crippen molar-refractivity contribution in [1.82, 2.24) is 0 Å². The van der Waals surface area contributed by atoms with E-state index in [1.807, 2.05) is 6.07 Å². The molecule has 7 heteroatoms. The summed E-state index contributed by atoms with van der Waals surface area (Å²) in [6.45, 7) is -1.36. The standard InChI is InChI=1S/C26H21F5O2/c27-20(14-18-6-11-23(28)24(15-18)33-22-4-2-1-3-5-22)16-25(12-13-25)19-7-9-21(10-8-19)32-17-26(29,30)31/h1-11,15-16H,12-14,17H2/b20-16-. The summed E-state index contributed by atoms with van der Waals surface area (Å²) in [6, 6.07) is 19.2. The van der Waals surface area contributed by atoms with Crippen LogP contribution < -0.4 is 9.47 Å². The van der Waals surface area contributed by atoms with Gasteiger partial charge >= 0.3 is 6.18 Å². The molecule has 0 aromatic heterocycles. The van der Waals surface area contributed by atoms with Gasteiger partial charge in [0.15, 0.2) is 18.2 Å². The van der Waals surface area contributed by atoms with Crippen LogP contribution in [0.4, 0.5) is 22.0 Å². The quantitative estimate of drug-likeness (QED) is 0.321. The molecule has 33 heavy (non-hydrogen) atoms. The van der Waals surface area contributed by atoms with E-state index in [1.165, 1.54) is 30.3 Å². The molecule has 0 heterocycles. The van der Waals surface area contributed by atoms with Gasteiger partial charge in [0.25, 0.3) is 0 Å². The van der Waals surface area contributed by atoms with Gasteiger partial charge in [0.05, 0.1) is 0 Å². The van der Waals surface area contributed by atoms with Crippen molar-refractivity contribution in [3.05, 3.63) is 102 Å². The molecule has 1 saturated carbocycles. The average molecular weight is 460 g/mol. The van der Waals surface area contributed by atoms with Crippen molar-refractivity contribution in [3.8, 4) is 17.2 Å². The van der Waals surface area contributed by atoms with Crippen LogP contribution in [0.3, 0.4) is 0 Å². The Bertz CT molecular complexity index is 1120. The zero-order valence-electron chi connectivity index (χ0n) is 17.5. The second-order valence-corrected chi connectivity index (χ2v) is 8.03. The van der Waals surface area contributed by atoms with Crippen molar-refractivity contribution in [3.63, 3.8) is 0 Å². The number of halogens is 5. The third-order valence-corrected chi connectivity index (χ3v) is 5.39. The second-order valence-electron chi connectivity index (χ2n) is 8.03. The van der Waals surface area contributed by atoms with Gasteiger partial charge in [0, 0.05) is 11.8 Å². The number of hydrogen-bond acceptors (Lipinski definition) is 2. The third-order valence-electron chi connectivity index (χ3n) is 5.39. The molecule has 1 aliphatic rings. The van der Waals surface area contributed by atoms with Gasteiger partial charge in [0.1, 0.15) is 17.3 Å². The van der Waals surface area contributed by atoms with Crippen molar-refractivity contribution in [2.45, 2.75) is 30.9 Å². The Hall–Kier alpha value is -3.35. The van der Waals surface area contributed by atoms with Gasteiger partial charge in [-0.25, -0.2) is 8.78 Å². The molecule has 0 amide bonds. The molecule has 0 unspecified atom stereocenters. The minimum absolute atomic E-state index is 0.0158. The van der Waals surface area contributed by atoms with E-state index in [2.05, 4.69) is 0 Å². The Morgan fingerprint density at radius 2 is 1.61 bits per heavy atom. The zero-order valence-corrected chi connectivity index (χ0v) is 17.5. The molecule has 0 aliphatic heterocycles. The lowest BCUT2D eigenvalue weighted by Crippen LogP contribution is -2.19. The van der Waals surface area contributed by atoms with Gasteiger partial charge in [-0.2, -0.15) is 13.2 Å². The van der Waals surface area contributed by atoms with Crippen LogP contribution in [0.2, 0.25) is 0 Å². The molecule has 1 aliphatic carbocycles. The lowest BCUT2D eigenvalue weighted by molar-refractivity contribution is -0.153. The van der Waals surface area contributed by atoms with E-state index in [-0.39, 0.29) is 23.7 Å². The molecule has 4 rings (SSSR count). The smallest absolute Gasteiger partial charge is 0.422 e. The summed E-state index contributed by atoms with van der Waals surface area (Å²) in [6.07, 6.45) is -1.43. The fourth-order valence-electron chi connectivity index (χ4n) is 3.60. The first-order chi connectivity index (χ1) is 15.7. The lowest BCUT2D eigenvalue weighted by Gasteiger charge is -2.14. The first-order valence-electron chi connectivity index (χ1n) is 10.4. The van der Waals surface area contributed by atoms with Crippen LogP contribution in [0.15, 0.2) is 84.7 Å². The van der Waals surface area contributed by atoms with E-state index in [9.17, 15) is 22.0 Å². The summed E-state index contributed by atoms with van der Waals surface area (Å²) in [5.74, 6) is -0.319. The molecule has 0 atom stereocenters. The van der Waals surface area contributed by atoms with E-state index < -0.39 is 24.0 Å². The number of benzene rings is 3. The summed E-state index contributed by atoms with van der Waals surface area (Å²) in [5.41, 5.74) is 0.878. The fraction of sp³-hybridized carbons (Fsp3) is 0.231. The average Bonchev–Trinajstić information content (AvgIpc) is 3.55. The van der Waals surface area contributed by atoms with E-state index >= 15 is 0 Å². The summed E-state index contributed by atoms with van der Waals surface area (Å²) < 4.78 is 76.2. The Balaban J connectivity index is 1.44. The molecule has 2 nitrogen and oxygen atoms in total. The fourth-order valence-corrected chi connectivity index (χ4v) is 3.60. The summed E-state index contributed by atoms with van der Waals surface area (Å²) in [7, 11) is 0. The monoisotopic (exact) mass is 460 g/mol. The highest BCUT2D eigenvalue weighted by Gasteiger charge is 2.42.